The van der Waals surface area contributed by atoms with Crippen LogP contribution in [0.15, 0.2) is 16.3 Å². The predicted octanol–water partition coefficient (Wildman–Crippen LogP) is 2.13. The van der Waals surface area contributed by atoms with Gasteiger partial charge in [-0.1, -0.05) is 20.8 Å². The van der Waals surface area contributed by atoms with Crippen molar-refractivity contribution in [1.82, 2.24) is 4.72 Å². The van der Waals surface area contributed by atoms with Crippen molar-refractivity contribution in [2.75, 3.05) is 6.54 Å². The number of sulfonamides is 1. The second kappa shape index (κ2) is 5.69. The Morgan fingerprint density at radius 1 is 1.39 bits per heavy atom. The van der Waals surface area contributed by atoms with Gasteiger partial charge in [0.15, 0.2) is 0 Å². The standard InChI is InChI=1S/C12H21NO3S2/c1-9-5-6-11(17-9)18(15,16)13-8-7-10(14)12(2,3)4/h5-6,10,13-14H,7-8H2,1-4H3. The molecule has 6 heteroatoms. The van der Waals surface area contributed by atoms with Gasteiger partial charge in [-0.2, -0.15) is 0 Å². The summed E-state index contributed by atoms with van der Waals surface area (Å²) in [5, 5.41) is 9.83. The Bertz CT molecular complexity index is 486. The average molecular weight is 291 g/mol. The van der Waals surface area contributed by atoms with Crippen LogP contribution in [0.4, 0.5) is 0 Å². The first-order valence-corrected chi connectivity index (χ1v) is 8.17. The molecule has 0 saturated carbocycles. The average Bonchev–Trinajstić information content (AvgIpc) is 2.63. The van der Waals surface area contributed by atoms with E-state index in [2.05, 4.69) is 4.72 Å². The van der Waals surface area contributed by atoms with Crippen molar-refractivity contribution in [3.8, 4) is 0 Å². The molecule has 0 aliphatic carbocycles. The highest BCUT2D eigenvalue weighted by atomic mass is 32.2. The van der Waals surface area contributed by atoms with Gasteiger partial charge in [0.1, 0.15) is 4.21 Å². The van der Waals surface area contributed by atoms with Gasteiger partial charge in [0, 0.05) is 11.4 Å². The number of thiophene rings is 1. The second-order valence-corrected chi connectivity index (χ2v) is 8.72. The highest BCUT2D eigenvalue weighted by Crippen LogP contribution is 2.22. The zero-order chi connectivity index (χ0) is 14.0. The van der Waals surface area contributed by atoms with Crippen molar-refractivity contribution >= 4 is 21.4 Å². The molecular weight excluding hydrogens is 270 g/mol. The van der Waals surface area contributed by atoms with Crippen LogP contribution in [0.2, 0.25) is 0 Å². The summed E-state index contributed by atoms with van der Waals surface area (Å²) >= 11 is 1.25. The molecule has 18 heavy (non-hydrogen) atoms. The Kier molecular flexibility index (Phi) is 4.94. The topological polar surface area (TPSA) is 66.4 Å². The summed E-state index contributed by atoms with van der Waals surface area (Å²) in [5.41, 5.74) is -0.231. The van der Waals surface area contributed by atoms with Gasteiger partial charge in [0.2, 0.25) is 10.0 Å². The van der Waals surface area contributed by atoms with E-state index in [1.54, 1.807) is 12.1 Å². The van der Waals surface area contributed by atoms with Crippen LogP contribution in [0.1, 0.15) is 32.1 Å². The lowest BCUT2D eigenvalue weighted by Crippen LogP contribution is -2.32. The SMILES string of the molecule is Cc1ccc(S(=O)(=O)NCCC(O)C(C)(C)C)s1. The Morgan fingerprint density at radius 3 is 2.44 bits per heavy atom. The molecule has 1 aromatic heterocycles. The van der Waals surface area contributed by atoms with Crippen molar-refractivity contribution in [1.29, 1.82) is 0 Å². The van der Waals surface area contributed by atoms with Crippen molar-refractivity contribution in [3.05, 3.63) is 17.0 Å². The van der Waals surface area contributed by atoms with E-state index in [1.165, 1.54) is 11.3 Å². The monoisotopic (exact) mass is 291 g/mol. The van der Waals surface area contributed by atoms with Crippen LogP contribution >= 0.6 is 11.3 Å². The van der Waals surface area contributed by atoms with Crippen molar-refractivity contribution < 1.29 is 13.5 Å². The smallest absolute Gasteiger partial charge is 0.250 e. The molecule has 0 aromatic carbocycles. The number of nitrogens with one attached hydrogen (secondary N) is 1. The highest BCUT2D eigenvalue weighted by molar-refractivity contribution is 7.91. The number of aliphatic hydroxyl groups excluding tert-OH is 1. The molecule has 0 saturated heterocycles. The highest BCUT2D eigenvalue weighted by Gasteiger charge is 2.23. The zero-order valence-electron chi connectivity index (χ0n) is 11.2. The van der Waals surface area contributed by atoms with E-state index in [0.717, 1.165) is 4.88 Å². The van der Waals surface area contributed by atoms with Crippen molar-refractivity contribution in [2.24, 2.45) is 5.41 Å². The molecule has 0 amide bonds. The molecule has 1 heterocycles. The normalized spacial score (nSPS) is 14.7. The molecule has 0 fully saturated rings. The number of hydrogen-bond donors (Lipinski definition) is 2. The molecule has 0 aliphatic rings. The van der Waals surface area contributed by atoms with Gasteiger partial charge in [0.25, 0.3) is 0 Å². The molecule has 1 atom stereocenters. The third-order valence-corrected chi connectivity index (χ3v) is 5.64. The molecule has 0 aliphatic heterocycles. The van der Waals surface area contributed by atoms with Gasteiger partial charge in [0.05, 0.1) is 6.10 Å². The number of aliphatic hydroxyl groups is 1. The third kappa shape index (κ3) is 4.35. The number of aryl methyl sites for hydroxylation is 1. The van der Waals surface area contributed by atoms with E-state index in [9.17, 15) is 13.5 Å². The van der Waals surface area contributed by atoms with Crippen LogP contribution < -0.4 is 4.72 Å². The predicted molar refractivity (Wildman–Crippen MR) is 74.3 cm³/mol. The maximum atomic E-state index is 11.9. The van der Waals surface area contributed by atoms with E-state index in [0.29, 0.717) is 10.6 Å². The minimum absolute atomic E-state index is 0.231. The lowest BCUT2D eigenvalue weighted by Gasteiger charge is -2.25. The van der Waals surface area contributed by atoms with E-state index < -0.39 is 16.1 Å². The van der Waals surface area contributed by atoms with Crippen molar-refractivity contribution in [2.45, 2.75) is 44.4 Å². The number of rotatable bonds is 5. The minimum Gasteiger partial charge on any atom is -0.393 e. The first-order chi connectivity index (χ1) is 8.13. The quantitative estimate of drug-likeness (QED) is 0.873. The van der Waals surface area contributed by atoms with Crippen LogP contribution in [0.3, 0.4) is 0 Å². The summed E-state index contributed by atoms with van der Waals surface area (Å²) in [4.78, 5) is 0.963. The maximum absolute atomic E-state index is 11.9. The molecule has 4 nitrogen and oxygen atoms in total. The third-order valence-electron chi connectivity index (χ3n) is 2.69. The number of hydrogen-bond acceptors (Lipinski definition) is 4. The molecule has 1 rings (SSSR count). The first-order valence-electron chi connectivity index (χ1n) is 5.87. The minimum atomic E-state index is -3.42. The summed E-state index contributed by atoms with van der Waals surface area (Å²) in [6, 6.07) is 3.38. The van der Waals surface area contributed by atoms with Crippen LogP contribution in [-0.4, -0.2) is 26.2 Å². The molecule has 2 N–H and O–H groups in total. The Morgan fingerprint density at radius 2 is 2.00 bits per heavy atom. The maximum Gasteiger partial charge on any atom is 0.250 e. The van der Waals surface area contributed by atoms with E-state index in [1.807, 2.05) is 27.7 Å². The first kappa shape index (κ1) is 15.6. The fourth-order valence-corrected chi connectivity index (χ4v) is 3.77. The summed E-state index contributed by atoms with van der Waals surface area (Å²) < 4.78 is 26.6. The van der Waals surface area contributed by atoms with Crippen LogP contribution in [0, 0.1) is 12.3 Å². The van der Waals surface area contributed by atoms with Gasteiger partial charge in [-0.3, -0.25) is 0 Å². The Hall–Kier alpha value is -0.430. The fraction of sp³-hybridized carbons (Fsp3) is 0.667. The molecule has 0 spiro atoms. The van der Waals surface area contributed by atoms with E-state index in [-0.39, 0.29) is 12.0 Å². The largest absolute Gasteiger partial charge is 0.393 e. The van der Waals surface area contributed by atoms with Crippen molar-refractivity contribution in [3.63, 3.8) is 0 Å². The van der Waals surface area contributed by atoms with E-state index in [4.69, 9.17) is 0 Å². The van der Waals surface area contributed by atoms with Gasteiger partial charge >= 0.3 is 0 Å². The lowest BCUT2D eigenvalue weighted by atomic mass is 9.87. The lowest BCUT2D eigenvalue weighted by molar-refractivity contribution is 0.0571. The van der Waals surface area contributed by atoms with Crippen LogP contribution in [0.5, 0.6) is 0 Å². The van der Waals surface area contributed by atoms with Gasteiger partial charge in [-0.15, -0.1) is 11.3 Å². The summed E-state index contributed by atoms with van der Waals surface area (Å²) in [7, 11) is -3.42. The molecule has 0 bridgehead atoms. The molecule has 1 aromatic rings. The van der Waals surface area contributed by atoms with E-state index >= 15 is 0 Å². The second-order valence-electron chi connectivity index (χ2n) is 5.43. The molecular formula is C12H21NO3S2. The van der Waals surface area contributed by atoms with Crippen LogP contribution in [-0.2, 0) is 10.0 Å². The zero-order valence-corrected chi connectivity index (χ0v) is 12.9. The summed E-state index contributed by atoms with van der Waals surface area (Å²) in [6.45, 7) is 7.89. The van der Waals surface area contributed by atoms with Gasteiger partial charge in [-0.05, 0) is 30.9 Å². The molecule has 1 unspecified atom stereocenters. The Balaban J connectivity index is 2.54. The molecule has 104 valence electrons. The Labute approximate surface area is 113 Å². The van der Waals surface area contributed by atoms with Gasteiger partial charge < -0.3 is 5.11 Å². The van der Waals surface area contributed by atoms with Gasteiger partial charge in [-0.25, -0.2) is 13.1 Å². The summed E-state index contributed by atoms with van der Waals surface area (Å²) in [6.07, 6.45) is -0.113. The summed E-state index contributed by atoms with van der Waals surface area (Å²) in [5.74, 6) is 0. The van der Waals surface area contributed by atoms with Crippen LogP contribution in [0.25, 0.3) is 0 Å². The fourth-order valence-electron chi connectivity index (χ4n) is 1.39. The molecule has 0 radical (unpaired) electrons.